The molecular weight excluding hydrogens is 394 g/mol. The van der Waals surface area contributed by atoms with E-state index in [0.29, 0.717) is 17.0 Å². The molecule has 168 valence electrons. The summed E-state index contributed by atoms with van der Waals surface area (Å²) in [5, 5.41) is 0. The maximum atomic E-state index is 11.6. The number of nitrogens with zero attached hydrogens (tertiary/aromatic N) is 1. The fraction of sp³-hybridized carbons (Fsp3) is 0.520. The predicted octanol–water partition coefficient (Wildman–Crippen LogP) is 5.85. The van der Waals surface area contributed by atoms with Crippen molar-refractivity contribution in [3.63, 3.8) is 0 Å². The Morgan fingerprint density at radius 1 is 0.800 bits per heavy atom. The quantitative estimate of drug-likeness (QED) is 0.424. The van der Waals surface area contributed by atoms with Crippen LogP contribution in [0.4, 0.5) is 0 Å². The van der Waals surface area contributed by atoms with Gasteiger partial charge >= 0.3 is 0 Å². The van der Waals surface area contributed by atoms with Crippen LogP contribution >= 0.6 is 0 Å². The lowest BCUT2D eigenvalue weighted by Crippen LogP contribution is -2.33. The first kappa shape index (κ1) is 26.3. The van der Waals surface area contributed by atoms with Gasteiger partial charge in [-0.3, -0.25) is 0 Å². The minimum Gasteiger partial charge on any atom is -0.744 e. The summed E-state index contributed by atoms with van der Waals surface area (Å²) in [6, 6.07) is 14.3. The average molecular weight is 434 g/mol. The van der Waals surface area contributed by atoms with Gasteiger partial charge in [0.25, 0.3) is 0 Å². The number of hydrogen-bond acceptors (Lipinski definition) is 3. The SMILES string of the molecule is CC(C)c1cc(C(C)C)c(S(=O)(=O)[O-])c(C(C)C)c1.C[N+](C)(C)Cc1ccccc1. The van der Waals surface area contributed by atoms with Gasteiger partial charge < -0.3 is 9.04 Å². The van der Waals surface area contributed by atoms with E-state index in [-0.39, 0.29) is 16.7 Å². The van der Waals surface area contributed by atoms with Gasteiger partial charge in [0, 0.05) is 5.56 Å². The average Bonchev–Trinajstić information content (AvgIpc) is 2.59. The van der Waals surface area contributed by atoms with Crippen LogP contribution in [0.5, 0.6) is 0 Å². The molecule has 5 heteroatoms. The topological polar surface area (TPSA) is 57.2 Å². The first-order valence-corrected chi connectivity index (χ1v) is 12.0. The van der Waals surface area contributed by atoms with Gasteiger partial charge in [0.1, 0.15) is 16.7 Å². The zero-order valence-electron chi connectivity index (χ0n) is 20.1. The molecule has 0 spiro atoms. The molecule has 0 aromatic heterocycles. The van der Waals surface area contributed by atoms with E-state index >= 15 is 0 Å². The molecule has 2 rings (SSSR count). The predicted molar refractivity (Wildman–Crippen MR) is 125 cm³/mol. The highest BCUT2D eigenvalue weighted by atomic mass is 32.2. The van der Waals surface area contributed by atoms with Crippen LogP contribution < -0.4 is 0 Å². The third kappa shape index (κ3) is 8.21. The summed E-state index contributed by atoms with van der Waals surface area (Å²) in [5.74, 6) is 0.322. The van der Waals surface area contributed by atoms with Gasteiger partial charge in [-0.25, -0.2) is 8.42 Å². The Hall–Kier alpha value is -1.69. The van der Waals surface area contributed by atoms with Crippen LogP contribution in [0.25, 0.3) is 0 Å². The van der Waals surface area contributed by atoms with E-state index in [2.05, 4.69) is 65.3 Å². The lowest BCUT2D eigenvalue weighted by atomic mass is 9.89. The van der Waals surface area contributed by atoms with Crippen LogP contribution in [0.2, 0.25) is 0 Å². The minimum absolute atomic E-state index is 0.00919. The molecule has 30 heavy (non-hydrogen) atoms. The van der Waals surface area contributed by atoms with Crippen LogP contribution in [0, 0.1) is 0 Å². The van der Waals surface area contributed by atoms with Crippen LogP contribution in [-0.2, 0) is 16.7 Å². The maximum absolute atomic E-state index is 11.6. The zero-order chi connectivity index (χ0) is 23.3. The molecule has 0 saturated heterocycles. The van der Waals surface area contributed by atoms with E-state index in [1.807, 2.05) is 39.8 Å². The van der Waals surface area contributed by atoms with Crippen LogP contribution in [0.1, 0.15) is 81.5 Å². The van der Waals surface area contributed by atoms with E-state index in [1.54, 1.807) is 0 Å². The maximum Gasteiger partial charge on any atom is 0.124 e. The summed E-state index contributed by atoms with van der Waals surface area (Å²) in [7, 11) is 2.16. The van der Waals surface area contributed by atoms with Gasteiger partial charge in [0.05, 0.1) is 26.0 Å². The number of benzene rings is 2. The van der Waals surface area contributed by atoms with Gasteiger partial charge in [-0.1, -0.05) is 84.0 Å². The van der Waals surface area contributed by atoms with Gasteiger partial charge in [-0.15, -0.1) is 0 Å². The van der Waals surface area contributed by atoms with Gasteiger partial charge in [0.15, 0.2) is 0 Å². The Labute approximate surface area is 184 Å². The molecular formula is C25H39NO3S. The summed E-state index contributed by atoms with van der Waals surface area (Å²) in [5.41, 5.74) is 3.77. The standard InChI is InChI=1S/C15H24O3S.C10H16N/c1-9(2)12-7-13(10(3)4)15(19(16,17)18)14(8-12)11(5)6;1-11(2,3)9-10-7-5-4-6-8-10/h7-11H,1-6H3,(H,16,17,18);4-8H,9H2,1-3H3/q;+1/p-1. The Balaban J connectivity index is 0.000000346. The molecule has 0 aliphatic heterocycles. The highest BCUT2D eigenvalue weighted by Gasteiger charge is 2.21. The van der Waals surface area contributed by atoms with Crippen molar-refractivity contribution in [2.75, 3.05) is 21.1 Å². The van der Waals surface area contributed by atoms with Crippen molar-refractivity contribution in [3.8, 4) is 0 Å². The molecule has 0 atom stereocenters. The Kier molecular flexibility index (Phi) is 9.27. The molecule has 2 aromatic carbocycles. The second-order valence-corrected chi connectivity index (χ2v) is 11.2. The first-order chi connectivity index (χ1) is 13.6. The Morgan fingerprint density at radius 2 is 1.23 bits per heavy atom. The van der Waals surface area contributed by atoms with Crippen molar-refractivity contribution in [2.45, 2.75) is 70.7 Å². The van der Waals surface area contributed by atoms with E-state index in [9.17, 15) is 13.0 Å². The minimum atomic E-state index is -4.45. The molecule has 0 aliphatic rings. The highest BCUT2D eigenvalue weighted by molar-refractivity contribution is 7.85. The van der Waals surface area contributed by atoms with Crippen LogP contribution in [0.3, 0.4) is 0 Å². The van der Waals surface area contributed by atoms with Crippen molar-refractivity contribution in [3.05, 3.63) is 64.7 Å². The van der Waals surface area contributed by atoms with E-state index < -0.39 is 10.1 Å². The molecule has 2 aromatic rings. The third-order valence-corrected chi connectivity index (χ3v) is 5.80. The molecule has 0 N–H and O–H groups in total. The molecule has 0 bridgehead atoms. The van der Waals surface area contributed by atoms with E-state index in [4.69, 9.17) is 0 Å². The monoisotopic (exact) mass is 433 g/mol. The fourth-order valence-corrected chi connectivity index (χ4v) is 4.48. The molecule has 0 radical (unpaired) electrons. The van der Waals surface area contributed by atoms with Gasteiger partial charge in [-0.05, 0) is 34.4 Å². The summed E-state index contributed by atoms with van der Waals surface area (Å²) in [6.07, 6.45) is 0. The largest absolute Gasteiger partial charge is 0.744 e. The second-order valence-electron chi connectivity index (χ2n) is 9.88. The van der Waals surface area contributed by atoms with Crippen molar-refractivity contribution in [2.24, 2.45) is 0 Å². The van der Waals surface area contributed by atoms with Gasteiger partial charge in [0.2, 0.25) is 0 Å². The van der Waals surface area contributed by atoms with Crippen molar-refractivity contribution >= 4 is 10.1 Å². The number of rotatable bonds is 6. The van der Waals surface area contributed by atoms with E-state index in [1.165, 1.54) is 5.56 Å². The molecule has 0 aliphatic carbocycles. The Morgan fingerprint density at radius 3 is 1.53 bits per heavy atom. The summed E-state index contributed by atoms with van der Waals surface area (Å²) < 4.78 is 35.8. The first-order valence-electron chi connectivity index (χ1n) is 10.6. The number of hydrogen-bond donors (Lipinski definition) is 0. The summed E-state index contributed by atoms with van der Waals surface area (Å²) >= 11 is 0. The van der Waals surface area contributed by atoms with Crippen molar-refractivity contribution < 1.29 is 17.5 Å². The van der Waals surface area contributed by atoms with Crippen LogP contribution in [0.15, 0.2) is 47.4 Å². The zero-order valence-corrected chi connectivity index (χ0v) is 20.9. The molecule has 0 unspecified atom stereocenters. The lowest BCUT2D eigenvalue weighted by molar-refractivity contribution is -0.884. The van der Waals surface area contributed by atoms with Crippen molar-refractivity contribution in [1.82, 2.24) is 0 Å². The summed E-state index contributed by atoms with van der Waals surface area (Å²) in [4.78, 5) is -0.0121. The highest BCUT2D eigenvalue weighted by Crippen LogP contribution is 2.34. The molecule has 0 amide bonds. The smallest absolute Gasteiger partial charge is 0.124 e. The van der Waals surface area contributed by atoms with E-state index in [0.717, 1.165) is 16.6 Å². The van der Waals surface area contributed by atoms with Gasteiger partial charge in [-0.2, -0.15) is 0 Å². The number of quaternary nitrogens is 1. The molecule has 4 nitrogen and oxygen atoms in total. The fourth-order valence-electron chi connectivity index (χ4n) is 3.31. The second kappa shape index (κ2) is 10.6. The third-order valence-electron chi connectivity index (χ3n) is 4.83. The summed E-state index contributed by atoms with van der Waals surface area (Å²) in [6.45, 7) is 12.9. The lowest BCUT2D eigenvalue weighted by Gasteiger charge is -2.24. The van der Waals surface area contributed by atoms with Crippen LogP contribution in [-0.4, -0.2) is 38.6 Å². The molecule has 0 saturated carbocycles. The molecule has 0 fully saturated rings. The normalized spacial score (nSPS) is 12.3. The molecule has 0 heterocycles. The Bertz CT molecular complexity index is 880. The van der Waals surface area contributed by atoms with Crippen molar-refractivity contribution in [1.29, 1.82) is 0 Å².